The number of sulfonamides is 1. The van der Waals surface area contributed by atoms with Crippen LogP contribution in [0.1, 0.15) is 27.8 Å². The van der Waals surface area contributed by atoms with Gasteiger partial charge < -0.3 is 0 Å². The van der Waals surface area contributed by atoms with Gasteiger partial charge in [0.05, 0.1) is 6.26 Å². The van der Waals surface area contributed by atoms with Crippen molar-refractivity contribution in [3.8, 4) is 0 Å². The fourth-order valence-corrected chi connectivity index (χ4v) is 4.17. The summed E-state index contributed by atoms with van der Waals surface area (Å²) in [5.74, 6) is -0.276. The number of hydrogen-bond donors (Lipinski definition) is 1. The van der Waals surface area contributed by atoms with Gasteiger partial charge in [-0.25, -0.2) is 12.8 Å². The lowest BCUT2D eigenvalue weighted by molar-refractivity contribution is 0.607. The van der Waals surface area contributed by atoms with E-state index >= 15 is 0 Å². The molecule has 0 unspecified atom stereocenters. The highest BCUT2D eigenvalue weighted by atomic mass is 32.2. The summed E-state index contributed by atoms with van der Waals surface area (Å²) >= 11 is 0. The van der Waals surface area contributed by atoms with Crippen LogP contribution >= 0.6 is 0 Å². The van der Waals surface area contributed by atoms with Crippen molar-refractivity contribution < 1.29 is 12.8 Å². The number of aryl methyl sites for hydroxylation is 2. The van der Waals surface area contributed by atoms with Crippen LogP contribution in [0.25, 0.3) is 11.6 Å². The zero-order chi connectivity index (χ0) is 20.4. The Labute approximate surface area is 170 Å². The predicted molar refractivity (Wildman–Crippen MR) is 116 cm³/mol. The summed E-state index contributed by atoms with van der Waals surface area (Å²) in [7, 11) is -3.35. The van der Waals surface area contributed by atoms with Crippen LogP contribution < -0.4 is 4.72 Å². The summed E-state index contributed by atoms with van der Waals surface area (Å²) in [6, 6.07) is 20.1. The lowest BCUT2D eigenvalue weighted by atomic mass is 9.94. The number of anilines is 1. The molecule has 0 radical (unpaired) electrons. The van der Waals surface area contributed by atoms with E-state index in [-0.39, 0.29) is 5.82 Å². The highest BCUT2D eigenvalue weighted by Crippen LogP contribution is 2.33. The van der Waals surface area contributed by atoms with E-state index in [0.717, 1.165) is 46.9 Å². The minimum Gasteiger partial charge on any atom is -0.284 e. The molecule has 0 bridgehead atoms. The third-order valence-corrected chi connectivity index (χ3v) is 5.47. The average molecular weight is 405 g/mol. The number of benzene rings is 3. The van der Waals surface area contributed by atoms with E-state index in [9.17, 15) is 12.8 Å². The molecule has 3 aromatic carbocycles. The highest BCUT2D eigenvalue weighted by molar-refractivity contribution is 7.92. The Morgan fingerprint density at radius 3 is 2.48 bits per heavy atom. The maximum absolute atomic E-state index is 14.0. The fraction of sp³-hybridized carbons (Fsp3) is 0.125. The Kier molecular flexibility index (Phi) is 5.10. The van der Waals surface area contributed by atoms with Crippen molar-refractivity contribution in [2.75, 3.05) is 11.0 Å². The Bertz CT molecular complexity index is 1260. The minimum absolute atomic E-state index is 0.276. The smallest absolute Gasteiger partial charge is 0.229 e. The first-order valence-corrected chi connectivity index (χ1v) is 11.2. The zero-order valence-corrected chi connectivity index (χ0v) is 16.8. The van der Waals surface area contributed by atoms with Crippen molar-refractivity contribution in [1.29, 1.82) is 0 Å². The Hall–Kier alpha value is -3.14. The van der Waals surface area contributed by atoms with E-state index in [2.05, 4.69) is 16.5 Å². The Morgan fingerprint density at radius 1 is 0.931 bits per heavy atom. The molecule has 5 heteroatoms. The number of rotatable bonds is 3. The summed E-state index contributed by atoms with van der Waals surface area (Å²) in [6.07, 6.45) is 4.64. The van der Waals surface area contributed by atoms with Gasteiger partial charge in [0.15, 0.2) is 0 Å². The largest absolute Gasteiger partial charge is 0.284 e. The first kappa shape index (κ1) is 19.2. The monoisotopic (exact) mass is 405 g/mol. The molecule has 0 heterocycles. The molecule has 3 nitrogen and oxygen atoms in total. The summed E-state index contributed by atoms with van der Waals surface area (Å²) in [5.41, 5.74) is 9.66. The Morgan fingerprint density at radius 2 is 1.69 bits per heavy atom. The Balaban J connectivity index is 1.87. The molecule has 0 spiro atoms. The molecule has 4 rings (SSSR count). The lowest BCUT2D eigenvalue weighted by Crippen LogP contribution is -2.09. The fourth-order valence-electron chi connectivity index (χ4n) is 3.61. The van der Waals surface area contributed by atoms with Gasteiger partial charge in [-0.3, -0.25) is 4.72 Å². The van der Waals surface area contributed by atoms with Crippen molar-refractivity contribution in [3.05, 3.63) is 106 Å². The molecule has 0 saturated carbocycles. The SMILES string of the molecule is CS(=O)(=O)Nc1cccc(C=C=C2c3ccccc3CCc3ccc(F)cc32)c1. The van der Waals surface area contributed by atoms with Gasteiger partial charge in [0, 0.05) is 11.3 Å². The van der Waals surface area contributed by atoms with Crippen molar-refractivity contribution in [3.63, 3.8) is 0 Å². The number of nitrogens with one attached hydrogen (secondary N) is 1. The van der Waals surface area contributed by atoms with Gasteiger partial charge in [-0.1, -0.05) is 42.5 Å². The van der Waals surface area contributed by atoms with Gasteiger partial charge in [-0.2, -0.15) is 0 Å². The zero-order valence-electron chi connectivity index (χ0n) is 15.9. The maximum Gasteiger partial charge on any atom is 0.229 e. The maximum atomic E-state index is 14.0. The van der Waals surface area contributed by atoms with Crippen LogP contribution in [-0.2, 0) is 22.9 Å². The molecule has 146 valence electrons. The van der Waals surface area contributed by atoms with E-state index in [4.69, 9.17) is 0 Å². The molecule has 3 aromatic rings. The molecule has 0 fully saturated rings. The molecule has 0 aliphatic heterocycles. The molecule has 0 aromatic heterocycles. The second-order valence-corrected chi connectivity index (χ2v) is 8.87. The van der Waals surface area contributed by atoms with E-state index in [1.807, 2.05) is 30.3 Å². The molecule has 0 amide bonds. The normalized spacial score (nSPS) is 13.0. The lowest BCUT2D eigenvalue weighted by Gasteiger charge is -2.09. The molecule has 0 saturated heterocycles. The van der Waals surface area contributed by atoms with Gasteiger partial charge in [0.2, 0.25) is 10.0 Å². The first-order valence-electron chi connectivity index (χ1n) is 9.31. The van der Waals surface area contributed by atoms with Gasteiger partial charge in [0.25, 0.3) is 0 Å². The summed E-state index contributed by atoms with van der Waals surface area (Å²) in [4.78, 5) is 0. The predicted octanol–water partition coefficient (Wildman–Crippen LogP) is 5.04. The second-order valence-electron chi connectivity index (χ2n) is 7.12. The van der Waals surface area contributed by atoms with Crippen LogP contribution in [0.15, 0.2) is 72.5 Å². The molecule has 0 atom stereocenters. The van der Waals surface area contributed by atoms with Crippen LogP contribution in [0, 0.1) is 5.82 Å². The summed E-state index contributed by atoms with van der Waals surface area (Å²) in [5, 5.41) is 0. The topological polar surface area (TPSA) is 46.2 Å². The van der Waals surface area contributed by atoms with Crippen LogP contribution in [-0.4, -0.2) is 14.7 Å². The highest BCUT2D eigenvalue weighted by Gasteiger charge is 2.18. The van der Waals surface area contributed by atoms with Crippen LogP contribution in [0.2, 0.25) is 0 Å². The van der Waals surface area contributed by atoms with Crippen molar-refractivity contribution in [2.45, 2.75) is 12.8 Å². The van der Waals surface area contributed by atoms with E-state index < -0.39 is 10.0 Å². The van der Waals surface area contributed by atoms with Crippen molar-refractivity contribution in [2.24, 2.45) is 0 Å². The van der Waals surface area contributed by atoms with Gasteiger partial charge in [0.1, 0.15) is 5.82 Å². The van der Waals surface area contributed by atoms with Gasteiger partial charge in [-0.15, -0.1) is 5.73 Å². The summed E-state index contributed by atoms with van der Waals surface area (Å²) in [6.45, 7) is 0. The van der Waals surface area contributed by atoms with E-state index in [1.54, 1.807) is 30.3 Å². The van der Waals surface area contributed by atoms with Crippen molar-refractivity contribution >= 4 is 27.4 Å². The minimum atomic E-state index is -3.35. The average Bonchev–Trinajstić information content (AvgIpc) is 2.82. The third-order valence-electron chi connectivity index (χ3n) is 4.86. The molecule has 29 heavy (non-hydrogen) atoms. The van der Waals surface area contributed by atoms with E-state index in [0.29, 0.717) is 5.69 Å². The third kappa shape index (κ3) is 4.48. The quantitative estimate of drug-likeness (QED) is 0.621. The second kappa shape index (κ2) is 7.70. The molecular formula is C24H20FNO2S. The van der Waals surface area contributed by atoms with Gasteiger partial charge in [-0.05, 0) is 71.0 Å². The van der Waals surface area contributed by atoms with Gasteiger partial charge >= 0.3 is 0 Å². The first-order chi connectivity index (χ1) is 13.9. The van der Waals surface area contributed by atoms with Crippen molar-refractivity contribution in [1.82, 2.24) is 0 Å². The molecule has 1 N–H and O–H groups in total. The standard InChI is InChI=1S/C24H20FNO2S/c1-29(27,28)26-21-7-4-5-17(15-21)9-14-23-22-8-3-2-6-18(22)10-11-19-12-13-20(25)16-24(19)23/h2-9,12-13,15-16,26H,10-11H2,1H3. The summed E-state index contributed by atoms with van der Waals surface area (Å²) < 4.78 is 39.5. The van der Waals surface area contributed by atoms with Crippen LogP contribution in [0.5, 0.6) is 0 Å². The number of hydrogen-bond acceptors (Lipinski definition) is 2. The molecular weight excluding hydrogens is 385 g/mol. The van der Waals surface area contributed by atoms with Crippen LogP contribution in [0.3, 0.4) is 0 Å². The molecule has 1 aliphatic carbocycles. The molecule has 1 aliphatic rings. The number of halogens is 1. The number of fused-ring (bicyclic) bond motifs is 2. The van der Waals surface area contributed by atoms with Crippen LogP contribution in [0.4, 0.5) is 10.1 Å². The van der Waals surface area contributed by atoms with E-state index in [1.165, 1.54) is 11.6 Å².